The second-order valence-electron chi connectivity index (χ2n) is 6.69. The highest BCUT2D eigenvalue weighted by Gasteiger charge is 2.32. The Labute approximate surface area is 141 Å². The second-order valence-corrected chi connectivity index (χ2v) is 6.69. The van der Waals surface area contributed by atoms with Gasteiger partial charge in [-0.05, 0) is 43.7 Å². The largest absolute Gasteiger partial charge is 0.381 e. The summed E-state index contributed by atoms with van der Waals surface area (Å²) < 4.78 is 32.5. The average Bonchev–Trinajstić information content (AvgIpc) is 3.27. The van der Waals surface area contributed by atoms with Crippen LogP contribution in [0.4, 0.5) is 8.78 Å². The quantitative estimate of drug-likeness (QED) is 0.789. The Morgan fingerprint density at radius 3 is 2.62 bits per heavy atom. The molecule has 0 bridgehead atoms. The first kappa shape index (κ1) is 17.3. The van der Waals surface area contributed by atoms with Crippen LogP contribution >= 0.6 is 0 Å². The molecule has 1 unspecified atom stereocenters. The zero-order chi connectivity index (χ0) is 16.9. The minimum absolute atomic E-state index is 0.0277. The van der Waals surface area contributed by atoms with Crippen LogP contribution in [0.1, 0.15) is 24.8 Å². The number of ether oxygens (including phenoxy) is 1. The van der Waals surface area contributed by atoms with Crippen LogP contribution in [0.15, 0.2) is 18.2 Å². The molecule has 1 aliphatic heterocycles. The molecule has 0 radical (unpaired) electrons. The fraction of sp³-hybridized carbons (Fsp3) is 0.611. The van der Waals surface area contributed by atoms with Crippen molar-refractivity contribution in [1.29, 1.82) is 0 Å². The Kier molecular flexibility index (Phi) is 5.79. The van der Waals surface area contributed by atoms with E-state index in [4.69, 9.17) is 4.74 Å². The van der Waals surface area contributed by atoms with Gasteiger partial charge in [0.1, 0.15) is 11.6 Å². The molecule has 2 fully saturated rings. The van der Waals surface area contributed by atoms with Crippen LogP contribution in [0.2, 0.25) is 0 Å². The van der Waals surface area contributed by atoms with Crippen molar-refractivity contribution in [3.63, 3.8) is 0 Å². The Morgan fingerprint density at radius 1 is 1.25 bits per heavy atom. The monoisotopic (exact) mass is 338 g/mol. The highest BCUT2D eigenvalue weighted by atomic mass is 19.1. The maximum Gasteiger partial charge on any atom is 0.234 e. The van der Waals surface area contributed by atoms with Gasteiger partial charge in [0.25, 0.3) is 0 Å². The van der Waals surface area contributed by atoms with Gasteiger partial charge in [-0.1, -0.05) is 6.07 Å². The van der Waals surface area contributed by atoms with Crippen LogP contribution in [0.25, 0.3) is 0 Å². The van der Waals surface area contributed by atoms with Gasteiger partial charge >= 0.3 is 0 Å². The normalized spacial score (nSPS) is 20.5. The molecule has 132 valence electrons. The van der Waals surface area contributed by atoms with Crippen LogP contribution in [0.3, 0.4) is 0 Å². The highest BCUT2D eigenvalue weighted by molar-refractivity contribution is 5.78. The minimum atomic E-state index is -0.565. The molecule has 24 heavy (non-hydrogen) atoms. The first-order valence-corrected chi connectivity index (χ1v) is 8.65. The molecule has 1 aromatic carbocycles. The number of carbonyl (C=O) groups excluding carboxylic acids is 1. The maximum atomic E-state index is 13.6. The van der Waals surface area contributed by atoms with E-state index < -0.39 is 11.6 Å². The fourth-order valence-electron chi connectivity index (χ4n) is 3.18. The van der Waals surface area contributed by atoms with E-state index in [9.17, 15) is 13.6 Å². The van der Waals surface area contributed by atoms with Crippen molar-refractivity contribution >= 4 is 5.91 Å². The number of carbonyl (C=O) groups is 1. The van der Waals surface area contributed by atoms with Gasteiger partial charge in [-0.15, -0.1) is 0 Å². The van der Waals surface area contributed by atoms with Crippen molar-refractivity contribution in [2.75, 3.05) is 32.8 Å². The van der Waals surface area contributed by atoms with Crippen molar-refractivity contribution in [2.45, 2.75) is 31.7 Å². The summed E-state index contributed by atoms with van der Waals surface area (Å²) in [5.41, 5.74) is 0.0277. The zero-order valence-corrected chi connectivity index (χ0v) is 13.8. The van der Waals surface area contributed by atoms with E-state index in [1.165, 1.54) is 18.2 Å². The van der Waals surface area contributed by atoms with E-state index in [1.54, 1.807) is 0 Å². The van der Waals surface area contributed by atoms with E-state index in [1.807, 2.05) is 0 Å². The van der Waals surface area contributed by atoms with Crippen molar-refractivity contribution < 1.29 is 18.3 Å². The molecule has 3 rings (SSSR count). The van der Waals surface area contributed by atoms with E-state index in [2.05, 4.69) is 10.2 Å². The first-order chi connectivity index (χ1) is 11.6. The third-order valence-corrected chi connectivity index (χ3v) is 4.69. The Hall–Kier alpha value is -1.53. The van der Waals surface area contributed by atoms with Crippen molar-refractivity contribution in [3.8, 4) is 0 Å². The lowest BCUT2D eigenvalue weighted by Gasteiger charge is -2.24. The number of benzene rings is 1. The summed E-state index contributed by atoms with van der Waals surface area (Å²) in [4.78, 5) is 14.4. The van der Waals surface area contributed by atoms with Crippen LogP contribution in [-0.4, -0.2) is 49.7 Å². The average molecular weight is 338 g/mol. The SMILES string of the molecule is O=C(CN(CC1CCOC1)C1CC1)NCCc1c(F)cccc1F. The van der Waals surface area contributed by atoms with Crippen LogP contribution < -0.4 is 5.32 Å². The molecule has 0 aromatic heterocycles. The van der Waals surface area contributed by atoms with Gasteiger partial charge in [-0.3, -0.25) is 9.69 Å². The van der Waals surface area contributed by atoms with Gasteiger partial charge in [0.2, 0.25) is 5.91 Å². The number of hydrogen-bond acceptors (Lipinski definition) is 3. The van der Waals surface area contributed by atoms with E-state index in [-0.39, 0.29) is 24.4 Å². The smallest absolute Gasteiger partial charge is 0.234 e. The predicted octanol–water partition coefficient (Wildman–Crippen LogP) is 2.12. The molecule has 1 atom stereocenters. The Morgan fingerprint density at radius 2 is 2.00 bits per heavy atom. The van der Waals surface area contributed by atoms with E-state index in [0.717, 1.165) is 39.0 Å². The van der Waals surface area contributed by atoms with Crippen LogP contribution in [0.5, 0.6) is 0 Å². The molecule has 2 aliphatic rings. The predicted molar refractivity (Wildman–Crippen MR) is 86.6 cm³/mol. The maximum absolute atomic E-state index is 13.6. The first-order valence-electron chi connectivity index (χ1n) is 8.65. The molecule has 1 amide bonds. The standard InChI is InChI=1S/C18H24F2N2O2/c19-16-2-1-3-17(20)15(16)6-8-21-18(23)11-22(14-4-5-14)10-13-7-9-24-12-13/h1-3,13-14H,4-12H2,(H,21,23). The summed E-state index contributed by atoms with van der Waals surface area (Å²) in [6.07, 6.45) is 3.49. The zero-order valence-electron chi connectivity index (χ0n) is 13.8. The summed E-state index contributed by atoms with van der Waals surface area (Å²) >= 11 is 0. The van der Waals surface area contributed by atoms with Crippen molar-refractivity contribution in [2.24, 2.45) is 5.92 Å². The highest BCUT2D eigenvalue weighted by Crippen LogP contribution is 2.28. The lowest BCUT2D eigenvalue weighted by atomic mass is 10.1. The molecule has 1 N–H and O–H groups in total. The number of rotatable bonds is 8. The third-order valence-electron chi connectivity index (χ3n) is 4.69. The van der Waals surface area contributed by atoms with Gasteiger partial charge in [-0.2, -0.15) is 0 Å². The molecule has 1 aliphatic carbocycles. The Balaban J connectivity index is 1.44. The number of amides is 1. The summed E-state index contributed by atoms with van der Waals surface area (Å²) in [6, 6.07) is 4.31. The number of halogens is 2. The van der Waals surface area contributed by atoms with Gasteiger partial charge in [0.15, 0.2) is 0 Å². The molecule has 1 heterocycles. The lowest BCUT2D eigenvalue weighted by molar-refractivity contribution is -0.122. The van der Waals surface area contributed by atoms with Gasteiger partial charge in [-0.25, -0.2) is 8.78 Å². The topological polar surface area (TPSA) is 41.6 Å². The molecular weight excluding hydrogens is 314 g/mol. The lowest BCUT2D eigenvalue weighted by Crippen LogP contribution is -2.41. The fourth-order valence-corrected chi connectivity index (χ4v) is 3.18. The van der Waals surface area contributed by atoms with E-state index >= 15 is 0 Å². The van der Waals surface area contributed by atoms with Gasteiger partial charge in [0, 0.05) is 31.3 Å². The molecule has 1 aromatic rings. The van der Waals surface area contributed by atoms with Gasteiger partial charge < -0.3 is 10.1 Å². The molecule has 4 nitrogen and oxygen atoms in total. The molecule has 6 heteroatoms. The van der Waals surface area contributed by atoms with E-state index in [0.29, 0.717) is 18.5 Å². The third kappa shape index (κ3) is 4.74. The van der Waals surface area contributed by atoms with Gasteiger partial charge in [0.05, 0.1) is 13.2 Å². The number of hydrogen-bond donors (Lipinski definition) is 1. The molecule has 1 saturated heterocycles. The summed E-state index contributed by atoms with van der Waals surface area (Å²) in [5, 5.41) is 2.78. The summed E-state index contributed by atoms with van der Waals surface area (Å²) in [5.74, 6) is -0.710. The molecule has 0 spiro atoms. The molecular formula is C18H24F2N2O2. The number of nitrogens with one attached hydrogen (secondary N) is 1. The van der Waals surface area contributed by atoms with Crippen LogP contribution in [-0.2, 0) is 16.0 Å². The Bertz CT molecular complexity index is 552. The second kappa shape index (κ2) is 8.03. The number of nitrogens with zero attached hydrogens (tertiary/aromatic N) is 1. The summed E-state index contributed by atoms with van der Waals surface area (Å²) in [7, 11) is 0. The van der Waals surface area contributed by atoms with Crippen molar-refractivity contribution in [3.05, 3.63) is 35.4 Å². The minimum Gasteiger partial charge on any atom is -0.381 e. The van der Waals surface area contributed by atoms with Crippen LogP contribution in [0, 0.1) is 17.6 Å². The van der Waals surface area contributed by atoms with Crippen molar-refractivity contribution in [1.82, 2.24) is 10.2 Å². The summed E-state index contributed by atoms with van der Waals surface area (Å²) in [6.45, 7) is 3.06. The molecule has 1 saturated carbocycles.